The van der Waals surface area contributed by atoms with Gasteiger partial charge >= 0.3 is 5.97 Å². The van der Waals surface area contributed by atoms with Gasteiger partial charge in [-0.1, -0.05) is 11.6 Å². The van der Waals surface area contributed by atoms with Crippen molar-refractivity contribution in [2.45, 2.75) is 20.3 Å². The van der Waals surface area contributed by atoms with E-state index in [1.54, 1.807) is 6.92 Å². The molecule has 0 amide bonds. The number of carbonyl (C=O) groups is 1. The number of thiazole rings is 1. The average Bonchev–Trinajstić information content (AvgIpc) is 2.30. The van der Waals surface area contributed by atoms with E-state index in [0.717, 1.165) is 10.6 Å². The molecule has 0 N–H and O–H groups in total. The maximum Gasteiger partial charge on any atom is 0.311 e. The van der Waals surface area contributed by atoms with Crippen LogP contribution in [0.2, 0.25) is 4.47 Å². The van der Waals surface area contributed by atoms with Gasteiger partial charge in [0.05, 0.1) is 18.7 Å². The Hall–Kier alpha value is -0.610. The van der Waals surface area contributed by atoms with Gasteiger partial charge in [-0.15, -0.1) is 11.3 Å². The van der Waals surface area contributed by atoms with Crippen LogP contribution in [0, 0.1) is 6.92 Å². The molecule has 1 aromatic heterocycles. The molecule has 0 saturated heterocycles. The third kappa shape index (κ3) is 2.97. The third-order valence-corrected chi connectivity index (χ3v) is 2.74. The summed E-state index contributed by atoms with van der Waals surface area (Å²) in [6, 6.07) is 0. The smallest absolute Gasteiger partial charge is 0.311 e. The van der Waals surface area contributed by atoms with Gasteiger partial charge in [0.15, 0.2) is 4.47 Å². The van der Waals surface area contributed by atoms with Crippen molar-refractivity contribution in [3.8, 4) is 0 Å². The Morgan fingerprint density at radius 1 is 1.69 bits per heavy atom. The minimum absolute atomic E-state index is 0.231. The predicted molar refractivity (Wildman–Crippen MR) is 52.2 cm³/mol. The van der Waals surface area contributed by atoms with Crippen molar-refractivity contribution in [2.75, 3.05) is 6.61 Å². The Bertz CT molecular complexity index is 311. The lowest BCUT2D eigenvalue weighted by molar-refractivity contribution is -0.142. The molecule has 0 unspecified atom stereocenters. The first kappa shape index (κ1) is 10.5. The van der Waals surface area contributed by atoms with Gasteiger partial charge in [-0.3, -0.25) is 4.79 Å². The van der Waals surface area contributed by atoms with E-state index in [4.69, 9.17) is 16.3 Å². The zero-order valence-corrected chi connectivity index (χ0v) is 9.04. The summed E-state index contributed by atoms with van der Waals surface area (Å²) in [5.41, 5.74) is 0.808. The summed E-state index contributed by atoms with van der Waals surface area (Å²) in [5.74, 6) is -0.231. The molecular formula is C8H10ClNO2S. The van der Waals surface area contributed by atoms with Gasteiger partial charge in [-0.05, 0) is 13.8 Å². The van der Waals surface area contributed by atoms with Crippen LogP contribution >= 0.6 is 22.9 Å². The van der Waals surface area contributed by atoms with Gasteiger partial charge in [0, 0.05) is 4.88 Å². The number of esters is 1. The molecule has 0 radical (unpaired) electrons. The number of aryl methyl sites for hydroxylation is 1. The Morgan fingerprint density at radius 2 is 2.38 bits per heavy atom. The van der Waals surface area contributed by atoms with E-state index in [1.807, 2.05) is 6.92 Å². The molecule has 13 heavy (non-hydrogen) atoms. The van der Waals surface area contributed by atoms with Crippen LogP contribution in [-0.2, 0) is 16.0 Å². The van der Waals surface area contributed by atoms with Crippen molar-refractivity contribution < 1.29 is 9.53 Å². The van der Waals surface area contributed by atoms with E-state index < -0.39 is 0 Å². The third-order valence-electron chi connectivity index (χ3n) is 1.48. The van der Waals surface area contributed by atoms with Crippen molar-refractivity contribution in [1.29, 1.82) is 0 Å². The summed E-state index contributed by atoms with van der Waals surface area (Å²) in [7, 11) is 0. The molecule has 1 aromatic rings. The standard InChI is InChI=1S/C8H10ClNO2S/c1-3-12-7(11)4-6-5(2)10-8(9)13-6/h3-4H2,1-2H3. The second-order valence-corrected chi connectivity index (χ2v) is 4.12. The normalized spacial score (nSPS) is 10.1. The summed E-state index contributed by atoms with van der Waals surface area (Å²) in [4.78, 5) is 16.0. The molecule has 3 nitrogen and oxygen atoms in total. The van der Waals surface area contributed by atoms with E-state index in [0.29, 0.717) is 11.1 Å². The molecule has 0 atom stereocenters. The molecule has 5 heteroatoms. The van der Waals surface area contributed by atoms with Crippen LogP contribution in [0.15, 0.2) is 0 Å². The molecule has 72 valence electrons. The first-order valence-corrected chi connectivity index (χ1v) is 5.10. The highest BCUT2D eigenvalue weighted by Gasteiger charge is 2.10. The first-order chi connectivity index (χ1) is 6.13. The van der Waals surface area contributed by atoms with Crippen LogP contribution in [-0.4, -0.2) is 17.6 Å². The van der Waals surface area contributed by atoms with E-state index in [1.165, 1.54) is 11.3 Å². The van der Waals surface area contributed by atoms with Crippen molar-refractivity contribution in [2.24, 2.45) is 0 Å². The summed E-state index contributed by atoms with van der Waals surface area (Å²) in [6.45, 7) is 4.02. The minimum atomic E-state index is -0.231. The number of hydrogen-bond acceptors (Lipinski definition) is 4. The van der Waals surface area contributed by atoms with E-state index in [2.05, 4.69) is 4.98 Å². The largest absolute Gasteiger partial charge is 0.466 e. The highest BCUT2D eigenvalue weighted by Crippen LogP contribution is 2.22. The van der Waals surface area contributed by atoms with Crippen molar-refractivity contribution in [1.82, 2.24) is 4.98 Å². The molecular weight excluding hydrogens is 210 g/mol. The van der Waals surface area contributed by atoms with Gasteiger partial charge in [0.2, 0.25) is 0 Å². The fraction of sp³-hybridized carbons (Fsp3) is 0.500. The molecule has 0 bridgehead atoms. The quantitative estimate of drug-likeness (QED) is 0.732. The molecule has 0 spiro atoms. The lowest BCUT2D eigenvalue weighted by Gasteiger charge is -1.99. The minimum Gasteiger partial charge on any atom is -0.466 e. The predicted octanol–water partition coefficient (Wildman–Crippen LogP) is 2.21. The van der Waals surface area contributed by atoms with E-state index >= 15 is 0 Å². The summed E-state index contributed by atoms with van der Waals surface area (Å²) in [6.07, 6.45) is 0.268. The maximum atomic E-state index is 11.1. The van der Waals surface area contributed by atoms with Gasteiger partial charge in [0.1, 0.15) is 0 Å². The van der Waals surface area contributed by atoms with Crippen LogP contribution in [0.4, 0.5) is 0 Å². The van der Waals surface area contributed by atoms with Crippen LogP contribution in [0.3, 0.4) is 0 Å². The Morgan fingerprint density at radius 3 is 2.85 bits per heavy atom. The van der Waals surface area contributed by atoms with Gasteiger partial charge in [-0.2, -0.15) is 0 Å². The number of aromatic nitrogens is 1. The maximum absolute atomic E-state index is 11.1. The monoisotopic (exact) mass is 219 g/mol. The summed E-state index contributed by atoms with van der Waals surface area (Å²) < 4.78 is 5.28. The van der Waals surface area contributed by atoms with Crippen LogP contribution in [0.5, 0.6) is 0 Å². The lowest BCUT2D eigenvalue weighted by atomic mass is 10.3. The van der Waals surface area contributed by atoms with Crippen LogP contribution < -0.4 is 0 Å². The zero-order valence-electron chi connectivity index (χ0n) is 7.46. The van der Waals surface area contributed by atoms with E-state index in [-0.39, 0.29) is 12.4 Å². The Kier molecular flexibility index (Phi) is 3.69. The number of hydrogen-bond donors (Lipinski definition) is 0. The zero-order chi connectivity index (χ0) is 9.84. The van der Waals surface area contributed by atoms with Gasteiger partial charge in [-0.25, -0.2) is 4.98 Å². The molecule has 0 aliphatic rings. The van der Waals surface area contributed by atoms with Crippen molar-refractivity contribution in [3.05, 3.63) is 15.0 Å². The molecule has 0 fully saturated rings. The molecule has 1 rings (SSSR count). The number of carbonyl (C=O) groups excluding carboxylic acids is 1. The Balaban J connectivity index is 2.63. The van der Waals surface area contributed by atoms with Crippen molar-refractivity contribution >= 4 is 28.9 Å². The van der Waals surface area contributed by atoms with Crippen molar-refractivity contribution in [3.63, 3.8) is 0 Å². The Labute approximate surface area is 85.7 Å². The van der Waals surface area contributed by atoms with Gasteiger partial charge < -0.3 is 4.74 Å². The molecule has 0 aliphatic heterocycles. The molecule has 0 aliphatic carbocycles. The summed E-state index contributed by atoms with van der Waals surface area (Å²) >= 11 is 7.00. The second-order valence-electron chi connectivity index (χ2n) is 2.46. The summed E-state index contributed by atoms with van der Waals surface area (Å²) in [5, 5.41) is 0. The number of ether oxygens (including phenoxy) is 1. The number of nitrogens with zero attached hydrogens (tertiary/aromatic N) is 1. The van der Waals surface area contributed by atoms with Gasteiger partial charge in [0.25, 0.3) is 0 Å². The fourth-order valence-electron chi connectivity index (χ4n) is 0.900. The molecule has 1 heterocycles. The van der Waals surface area contributed by atoms with Crippen LogP contribution in [0.25, 0.3) is 0 Å². The van der Waals surface area contributed by atoms with Crippen LogP contribution in [0.1, 0.15) is 17.5 Å². The van der Waals surface area contributed by atoms with E-state index in [9.17, 15) is 4.79 Å². The average molecular weight is 220 g/mol. The first-order valence-electron chi connectivity index (χ1n) is 3.91. The fourth-order valence-corrected chi connectivity index (χ4v) is 2.08. The highest BCUT2D eigenvalue weighted by atomic mass is 35.5. The number of halogens is 1. The highest BCUT2D eigenvalue weighted by molar-refractivity contribution is 7.15. The number of rotatable bonds is 3. The second kappa shape index (κ2) is 4.58. The molecule has 0 saturated carbocycles. The topological polar surface area (TPSA) is 39.2 Å². The lowest BCUT2D eigenvalue weighted by Crippen LogP contribution is -2.07. The molecule has 0 aromatic carbocycles. The SMILES string of the molecule is CCOC(=O)Cc1sc(Cl)nc1C.